The molecule has 18 heavy (non-hydrogen) atoms. The van der Waals surface area contributed by atoms with Gasteiger partial charge in [0.05, 0.1) is 23.9 Å². The van der Waals surface area contributed by atoms with Crippen molar-refractivity contribution in [3.05, 3.63) is 41.7 Å². The predicted molar refractivity (Wildman–Crippen MR) is 55.4 cm³/mol. The highest BCUT2D eigenvalue weighted by atomic mass is 19.4. The summed E-state index contributed by atoms with van der Waals surface area (Å²) in [5.41, 5.74) is -2.32. The molecule has 7 heteroatoms. The average molecular weight is 261 g/mol. The SMILES string of the molecule is C=C(C(=O)OC)C(O)c1ncccc1C(F)(F)F. The second-order valence-corrected chi connectivity index (χ2v) is 3.35. The van der Waals surface area contributed by atoms with Gasteiger partial charge in [-0.1, -0.05) is 6.58 Å². The molecule has 0 aromatic carbocycles. The fraction of sp³-hybridized carbons (Fsp3) is 0.273. The van der Waals surface area contributed by atoms with Crippen molar-refractivity contribution in [1.82, 2.24) is 4.98 Å². The number of pyridine rings is 1. The highest BCUT2D eigenvalue weighted by Gasteiger charge is 2.37. The van der Waals surface area contributed by atoms with Crippen LogP contribution in [0, 0.1) is 0 Å². The number of halogens is 3. The van der Waals surface area contributed by atoms with E-state index in [1.807, 2.05) is 0 Å². The largest absolute Gasteiger partial charge is 0.466 e. The molecular weight excluding hydrogens is 251 g/mol. The zero-order valence-corrected chi connectivity index (χ0v) is 9.36. The van der Waals surface area contributed by atoms with E-state index in [0.717, 1.165) is 25.4 Å². The molecule has 1 aromatic heterocycles. The lowest BCUT2D eigenvalue weighted by Gasteiger charge is -2.16. The van der Waals surface area contributed by atoms with Crippen LogP contribution in [0.2, 0.25) is 0 Å². The predicted octanol–water partition coefficient (Wildman–Crippen LogP) is 1.86. The van der Waals surface area contributed by atoms with E-state index in [4.69, 9.17) is 0 Å². The number of hydrogen-bond donors (Lipinski definition) is 1. The van der Waals surface area contributed by atoms with Crippen LogP contribution in [-0.4, -0.2) is 23.2 Å². The van der Waals surface area contributed by atoms with Crippen LogP contribution in [0.4, 0.5) is 13.2 Å². The lowest BCUT2D eigenvalue weighted by atomic mass is 10.0. The molecule has 1 heterocycles. The minimum Gasteiger partial charge on any atom is -0.466 e. The number of aromatic nitrogens is 1. The van der Waals surface area contributed by atoms with Gasteiger partial charge in [0.15, 0.2) is 0 Å². The van der Waals surface area contributed by atoms with E-state index in [1.165, 1.54) is 0 Å². The minimum absolute atomic E-state index is 0.512. The van der Waals surface area contributed by atoms with Crippen molar-refractivity contribution in [1.29, 1.82) is 0 Å². The Bertz CT molecular complexity index is 471. The van der Waals surface area contributed by atoms with E-state index in [-0.39, 0.29) is 0 Å². The lowest BCUT2D eigenvalue weighted by Crippen LogP contribution is -2.18. The number of aliphatic hydroxyl groups excluding tert-OH is 1. The highest BCUT2D eigenvalue weighted by molar-refractivity contribution is 5.88. The number of methoxy groups -OCH3 is 1. The zero-order valence-electron chi connectivity index (χ0n) is 9.36. The van der Waals surface area contributed by atoms with Crippen LogP contribution >= 0.6 is 0 Å². The molecule has 0 saturated heterocycles. The molecule has 0 aliphatic heterocycles. The van der Waals surface area contributed by atoms with Gasteiger partial charge in [0, 0.05) is 6.20 Å². The number of esters is 1. The monoisotopic (exact) mass is 261 g/mol. The van der Waals surface area contributed by atoms with Crippen LogP contribution in [0.15, 0.2) is 30.5 Å². The Morgan fingerprint density at radius 3 is 2.67 bits per heavy atom. The molecule has 98 valence electrons. The summed E-state index contributed by atoms with van der Waals surface area (Å²) in [6, 6.07) is 1.84. The fourth-order valence-electron chi connectivity index (χ4n) is 1.28. The molecule has 0 fully saturated rings. The van der Waals surface area contributed by atoms with E-state index in [1.54, 1.807) is 0 Å². The number of rotatable bonds is 3. The Kier molecular flexibility index (Phi) is 4.07. The maximum Gasteiger partial charge on any atom is 0.418 e. The summed E-state index contributed by atoms with van der Waals surface area (Å²) in [5.74, 6) is -0.999. The smallest absolute Gasteiger partial charge is 0.418 e. The van der Waals surface area contributed by atoms with Gasteiger partial charge in [-0.15, -0.1) is 0 Å². The van der Waals surface area contributed by atoms with Crippen LogP contribution in [0.25, 0.3) is 0 Å². The van der Waals surface area contributed by atoms with Crippen LogP contribution in [-0.2, 0) is 15.7 Å². The van der Waals surface area contributed by atoms with Crippen molar-refractivity contribution in [3.8, 4) is 0 Å². The third-order valence-corrected chi connectivity index (χ3v) is 2.18. The number of nitrogens with zero attached hydrogens (tertiary/aromatic N) is 1. The molecule has 1 atom stereocenters. The summed E-state index contributed by atoms with van der Waals surface area (Å²) in [4.78, 5) is 14.5. The first-order valence-corrected chi connectivity index (χ1v) is 4.76. The van der Waals surface area contributed by atoms with E-state index in [9.17, 15) is 23.1 Å². The standard InChI is InChI=1S/C11H10F3NO3/c1-6(10(17)18-2)9(16)8-7(11(12,13)14)4-3-5-15-8/h3-5,9,16H,1H2,2H3. The second-order valence-electron chi connectivity index (χ2n) is 3.35. The summed E-state index contributed by atoms with van der Waals surface area (Å²) in [6.45, 7) is 3.19. The van der Waals surface area contributed by atoms with Crippen LogP contribution in [0.5, 0.6) is 0 Å². The average Bonchev–Trinajstić information content (AvgIpc) is 2.35. The van der Waals surface area contributed by atoms with Gasteiger partial charge in [-0.2, -0.15) is 13.2 Å². The molecule has 1 aromatic rings. The molecule has 1 rings (SSSR count). The maximum absolute atomic E-state index is 12.7. The third-order valence-electron chi connectivity index (χ3n) is 2.18. The minimum atomic E-state index is -4.68. The first-order valence-electron chi connectivity index (χ1n) is 4.76. The van der Waals surface area contributed by atoms with Gasteiger partial charge in [-0.3, -0.25) is 4.98 Å². The van der Waals surface area contributed by atoms with Gasteiger partial charge in [-0.25, -0.2) is 4.79 Å². The topological polar surface area (TPSA) is 59.4 Å². The van der Waals surface area contributed by atoms with Crippen molar-refractivity contribution in [2.45, 2.75) is 12.3 Å². The number of hydrogen-bond acceptors (Lipinski definition) is 4. The molecule has 0 aliphatic carbocycles. The first-order chi connectivity index (χ1) is 8.29. The maximum atomic E-state index is 12.7. The van der Waals surface area contributed by atoms with E-state index in [2.05, 4.69) is 16.3 Å². The van der Waals surface area contributed by atoms with Crippen LogP contribution in [0.1, 0.15) is 17.4 Å². The molecule has 4 nitrogen and oxygen atoms in total. The molecule has 1 N–H and O–H groups in total. The summed E-state index contributed by atoms with van der Waals surface area (Å²) in [6.07, 6.45) is -5.46. The summed E-state index contributed by atoms with van der Waals surface area (Å²) >= 11 is 0. The fourth-order valence-corrected chi connectivity index (χ4v) is 1.28. The molecular formula is C11H10F3NO3. The number of aliphatic hydroxyl groups is 1. The van der Waals surface area contributed by atoms with Crippen molar-refractivity contribution >= 4 is 5.97 Å². The molecule has 0 amide bonds. The van der Waals surface area contributed by atoms with Crippen LogP contribution < -0.4 is 0 Å². The summed E-state index contributed by atoms with van der Waals surface area (Å²) in [7, 11) is 1.03. The zero-order chi connectivity index (χ0) is 13.9. The van der Waals surface area contributed by atoms with Crippen molar-refractivity contribution in [2.75, 3.05) is 7.11 Å². The van der Waals surface area contributed by atoms with E-state index in [0.29, 0.717) is 0 Å². The quantitative estimate of drug-likeness (QED) is 0.666. The number of carbonyl (C=O) groups is 1. The molecule has 0 aliphatic rings. The molecule has 1 unspecified atom stereocenters. The van der Waals surface area contributed by atoms with Crippen LogP contribution in [0.3, 0.4) is 0 Å². The Hall–Kier alpha value is -1.89. The van der Waals surface area contributed by atoms with Gasteiger partial charge in [0.25, 0.3) is 0 Å². The Labute approximate surface area is 101 Å². The van der Waals surface area contributed by atoms with Crippen molar-refractivity contribution in [2.24, 2.45) is 0 Å². The first kappa shape index (κ1) is 14.2. The Balaban J connectivity index is 3.18. The third kappa shape index (κ3) is 2.86. The van der Waals surface area contributed by atoms with Crippen molar-refractivity contribution in [3.63, 3.8) is 0 Å². The van der Waals surface area contributed by atoms with E-state index < -0.39 is 35.1 Å². The van der Waals surface area contributed by atoms with Gasteiger partial charge < -0.3 is 9.84 Å². The molecule has 0 radical (unpaired) electrons. The molecule has 0 bridgehead atoms. The summed E-state index contributed by atoms with van der Waals surface area (Å²) in [5, 5.41) is 9.67. The number of ether oxygens (including phenoxy) is 1. The van der Waals surface area contributed by atoms with Gasteiger partial charge in [0.2, 0.25) is 0 Å². The van der Waals surface area contributed by atoms with Gasteiger partial charge >= 0.3 is 12.1 Å². The molecule has 0 spiro atoms. The summed E-state index contributed by atoms with van der Waals surface area (Å²) < 4.78 is 42.2. The number of carbonyl (C=O) groups excluding carboxylic acids is 1. The van der Waals surface area contributed by atoms with Gasteiger partial charge in [0.1, 0.15) is 6.10 Å². The highest BCUT2D eigenvalue weighted by Crippen LogP contribution is 2.35. The van der Waals surface area contributed by atoms with Crippen molar-refractivity contribution < 1.29 is 27.8 Å². The van der Waals surface area contributed by atoms with E-state index >= 15 is 0 Å². The second kappa shape index (κ2) is 5.18. The Morgan fingerprint density at radius 2 is 2.17 bits per heavy atom. The number of alkyl halides is 3. The Morgan fingerprint density at radius 1 is 1.56 bits per heavy atom. The normalized spacial score (nSPS) is 12.9. The molecule has 0 saturated carbocycles. The van der Waals surface area contributed by atoms with Gasteiger partial charge in [-0.05, 0) is 12.1 Å². The lowest BCUT2D eigenvalue weighted by molar-refractivity contribution is -0.141.